The number of anilines is 1. The average molecular weight is 318 g/mol. The topological polar surface area (TPSA) is 67.4 Å². The molecule has 0 heterocycles. The molecule has 0 spiro atoms. The van der Waals surface area contributed by atoms with Crippen LogP contribution in [0.15, 0.2) is 18.2 Å². The summed E-state index contributed by atoms with van der Waals surface area (Å²) < 4.78 is 18.2. The molecule has 1 amide bonds. The Kier molecular flexibility index (Phi) is 5.70. The maximum atomic E-state index is 13.8. The van der Waals surface area contributed by atoms with Crippen molar-refractivity contribution in [2.45, 2.75) is 11.8 Å². The number of rotatable bonds is 5. The fourth-order valence-electron chi connectivity index (χ4n) is 1.46. The van der Waals surface area contributed by atoms with Crippen LogP contribution in [-0.2, 0) is 8.98 Å². The van der Waals surface area contributed by atoms with Crippen molar-refractivity contribution in [1.29, 1.82) is 0 Å². The Morgan fingerprint density at radius 1 is 1.45 bits per heavy atom. The van der Waals surface area contributed by atoms with E-state index in [0.717, 1.165) is 6.07 Å². The minimum atomic E-state index is -1.11. The molecule has 1 rings (SSSR count). The Morgan fingerprint density at radius 2 is 2.10 bits per heavy atom. The number of carbonyl (C=O) groups excluding carboxylic acids is 2. The Hall–Kier alpha value is -1.41. The van der Waals surface area contributed by atoms with Gasteiger partial charge in [-0.1, -0.05) is 0 Å². The summed E-state index contributed by atoms with van der Waals surface area (Å²) in [5.74, 6) is -1.81. The second kappa shape index (κ2) is 6.85. The minimum Gasteiger partial charge on any atom is -0.392 e. The number of hydrogen-bond donors (Lipinski definition) is 3. The molecule has 0 aliphatic heterocycles. The van der Waals surface area contributed by atoms with E-state index in [9.17, 15) is 14.0 Å². The number of thiol groups is 1. The Labute approximate surface area is 126 Å². The van der Waals surface area contributed by atoms with E-state index >= 15 is 0 Å². The summed E-state index contributed by atoms with van der Waals surface area (Å²) in [6.45, 7) is 1.58. The number of benzene rings is 1. The summed E-state index contributed by atoms with van der Waals surface area (Å²) in [6, 6.07) is 3.99. The molecule has 1 aromatic rings. The Morgan fingerprint density at radius 3 is 2.55 bits per heavy atom. The van der Waals surface area contributed by atoms with Crippen molar-refractivity contribution in [2.24, 2.45) is 0 Å². The highest BCUT2D eigenvalue weighted by Gasteiger charge is 2.34. The van der Waals surface area contributed by atoms with E-state index in [0.29, 0.717) is 5.69 Å². The van der Waals surface area contributed by atoms with Crippen molar-refractivity contribution >= 4 is 42.2 Å². The lowest BCUT2D eigenvalue weighted by atomic mass is 10.1. The zero-order chi connectivity index (χ0) is 15.3. The van der Waals surface area contributed by atoms with Gasteiger partial charge in [-0.15, -0.1) is 11.8 Å². The molecular weight excluding hydrogens is 303 g/mol. The van der Waals surface area contributed by atoms with E-state index in [4.69, 9.17) is 0 Å². The van der Waals surface area contributed by atoms with Crippen molar-refractivity contribution in [1.82, 2.24) is 5.32 Å². The molecule has 0 fully saturated rings. The first kappa shape index (κ1) is 16.6. The lowest BCUT2D eigenvalue weighted by Gasteiger charge is -2.26. The van der Waals surface area contributed by atoms with Crippen LogP contribution in [0.4, 0.5) is 10.1 Å². The summed E-state index contributed by atoms with van der Waals surface area (Å²) in [5.41, 5.74) is 0.284. The summed E-state index contributed by atoms with van der Waals surface area (Å²) in [7, 11) is 1.42. The van der Waals surface area contributed by atoms with Crippen LogP contribution in [0.3, 0.4) is 0 Å². The molecule has 5 nitrogen and oxygen atoms in total. The largest absolute Gasteiger partial charge is 0.392 e. The van der Waals surface area contributed by atoms with E-state index in [1.165, 1.54) is 30.9 Å². The molecule has 0 aliphatic rings. The second-order valence-electron chi connectivity index (χ2n) is 4.01. The molecule has 110 valence electrons. The van der Waals surface area contributed by atoms with Crippen LogP contribution in [0.5, 0.6) is 0 Å². The second-order valence-corrected chi connectivity index (χ2v) is 5.42. The molecule has 1 atom stereocenters. The number of hydrogen-bond acceptors (Lipinski definition) is 6. The number of nitrogens with one attached hydrogen (secondary N) is 2. The first-order valence-corrected chi connectivity index (χ1v) is 7.17. The van der Waals surface area contributed by atoms with Crippen LogP contribution in [0.2, 0.25) is 0 Å². The minimum absolute atomic E-state index is 0.0688. The molecule has 0 saturated heterocycles. The van der Waals surface area contributed by atoms with Crippen molar-refractivity contribution in [3.8, 4) is 0 Å². The zero-order valence-electron chi connectivity index (χ0n) is 11.2. The van der Waals surface area contributed by atoms with Crippen molar-refractivity contribution < 1.29 is 18.2 Å². The number of carbonyl (C=O) groups is 2. The SMILES string of the molecule is CNC(=O)c1ccc(NC(C)(SC)C(=O)OS)cc1F. The standard InChI is InChI=1S/C12H15FN2O3S2/c1-12(20-3,11(17)18-19)15-7-4-5-8(9(13)6-7)10(16)14-2/h4-6,15,19H,1-3H3,(H,14,16). The van der Waals surface area contributed by atoms with E-state index in [-0.39, 0.29) is 5.56 Å². The van der Waals surface area contributed by atoms with Gasteiger partial charge in [0.2, 0.25) is 0 Å². The average Bonchev–Trinajstić information content (AvgIpc) is 2.45. The number of thioether (sulfide) groups is 1. The normalized spacial score (nSPS) is 13.2. The van der Waals surface area contributed by atoms with E-state index in [2.05, 4.69) is 27.7 Å². The molecule has 8 heteroatoms. The highest BCUT2D eigenvalue weighted by molar-refractivity contribution is 8.00. The van der Waals surface area contributed by atoms with Gasteiger partial charge in [0.05, 0.1) is 5.56 Å². The third kappa shape index (κ3) is 3.57. The monoisotopic (exact) mass is 318 g/mol. The van der Waals surface area contributed by atoms with Gasteiger partial charge < -0.3 is 14.8 Å². The van der Waals surface area contributed by atoms with Gasteiger partial charge in [0.25, 0.3) is 5.91 Å². The molecule has 20 heavy (non-hydrogen) atoms. The molecule has 0 aromatic heterocycles. The van der Waals surface area contributed by atoms with Crippen LogP contribution in [0.25, 0.3) is 0 Å². The van der Waals surface area contributed by atoms with Crippen molar-refractivity contribution in [2.75, 3.05) is 18.6 Å². The summed E-state index contributed by atoms with van der Waals surface area (Å²) in [5, 5.41) is 5.19. The van der Waals surface area contributed by atoms with Crippen LogP contribution >= 0.6 is 24.7 Å². The highest BCUT2D eigenvalue weighted by Crippen LogP contribution is 2.27. The predicted molar refractivity (Wildman–Crippen MR) is 80.4 cm³/mol. The summed E-state index contributed by atoms with van der Waals surface area (Å²) in [6.07, 6.45) is 1.70. The van der Waals surface area contributed by atoms with Crippen LogP contribution in [0.1, 0.15) is 17.3 Å². The van der Waals surface area contributed by atoms with E-state index < -0.39 is 22.6 Å². The Balaban J connectivity index is 3.02. The smallest absolute Gasteiger partial charge is 0.353 e. The van der Waals surface area contributed by atoms with Gasteiger partial charge in [-0.05, 0) is 31.4 Å². The van der Waals surface area contributed by atoms with Gasteiger partial charge >= 0.3 is 5.97 Å². The zero-order valence-corrected chi connectivity index (χ0v) is 12.9. The fourth-order valence-corrected chi connectivity index (χ4v) is 2.13. The van der Waals surface area contributed by atoms with Crippen LogP contribution in [0, 0.1) is 5.82 Å². The summed E-state index contributed by atoms with van der Waals surface area (Å²) in [4.78, 5) is 21.9. The first-order chi connectivity index (χ1) is 9.37. The van der Waals surface area contributed by atoms with Gasteiger partial charge in [-0.3, -0.25) is 4.79 Å². The maximum Gasteiger partial charge on any atom is 0.353 e. The molecule has 1 unspecified atom stereocenters. The number of amides is 1. The van der Waals surface area contributed by atoms with Crippen molar-refractivity contribution in [3.05, 3.63) is 29.6 Å². The van der Waals surface area contributed by atoms with Crippen LogP contribution in [-0.4, -0.2) is 30.1 Å². The number of halogens is 1. The van der Waals surface area contributed by atoms with Gasteiger partial charge in [0.15, 0.2) is 4.87 Å². The van der Waals surface area contributed by atoms with E-state index in [1.807, 2.05) is 0 Å². The molecular formula is C12H15FN2O3S2. The van der Waals surface area contributed by atoms with Gasteiger partial charge in [0, 0.05) is 25.6 Å². The highest BCUT2D eigenvalue weighted by atomic mass is 32.2. The van der Waals surface area contributed by atoms with Crippen LogP contribution < -0.4 is 10.6 Å². The molecule has 1 aromatic carbocycles. The van der Waals surface area contributed by atoms with Gasteiger partial charge in [-0.25, -0.2) is 9.18 Å². The molecule has 0 bridgehead atoms. The Bertz CT molecular complexity index is 527. The molecule has 0 aliphatic carbocycles. The first-order valence-electron chi connectivity index (χ1n) is 5.58. The fraction of sp³-hybridized carbons (Fsp3) is 0.333. The third-order valence-electron chi connectivity index (χ3n) is 2.70. The lowest BCUT2D eigenvalue weighted by molar-refractivity contribution is -0.134. The maximum absolute atomic E-state index is 13.8. The van der Waals surface area contributed by atoms with Gasteiger partial charge in [-0.2, -0.15) is 0 Å². The quantitative estimate of drug-likeness (QED) is 0.440. The van der Waals surface area contributed by atoms with Crippen molar-refractivity contribution in [3.63, 3.8) is 0 Å². The molecule has 0 radical (unpaired) electrons. The molecule has 2 N–H and O–H groups in total. The summed E-state index contributed by atoms with van der Waals surface area (Å²) >= 11 is 4.66. The van der Waals surface area contributed by atoms with Gasteiger partial charge in [0.1, 0.15) is 5.82 Å². The lowest BCUT2D eigenvalue weighted by Crippen LogP contribution is -2.40. The third-order valence-corrected chi connectivity index (χ3v) is 3.96. The molecule has 0 saturated carbocycles. The predicted octanol–water partition coefficient (Wildman–Crippen LogP) is 2.06. The van der Waals surface area contributed by atoms with E-state index in [1.54, 1.807) is 13.2 Å².